The van der Waals surface area contributed by atoms with E-state index in [0.717, 1.165) is 6.42 Å². The van der Waals surface area contributed by atoms with E-state index >= 15 is 0 Å². The van der Waals surface area contributed by atoms with Crippen LogP contribution in [0.2, 0.25) is 0 Å². The van der Waals surface area contributed by atoms with Crippen molar-refractivity contribution in [3.8, 4) is 0 Å². The number of nitrogens with one attached hydrogen (secondary N) is 1. The Morgan fingerprint density at radius 2 is 2.54 bits per heavy atom. The van der Waals surface area contributed by atoms with E-state index in [4.69, 9.17) is 9.84 Å². The van der Waals surface area contributed by atoms with Crippen molar-refractivity contribution < 1.29 is 19.4 Å². The summed E-state index contributed by atoms with van der Waals surface area (Å²) in [6, 6.07) is 0. The molecule has 1 rings (SSSR count). The molecule has 0 aromatic rings. The van der Waals surface area contributed by atoms with E-state index in [1.165, 1.54) is 0 Å². The first-order valence-electron chi connectivity index (χ1n) is 4.30. The van der Waals surface area contributed by atoms with Crippen LogP contribution in [0, 0.1) is 0 Å². The Bertz CT molecular complexity index is 177. The average Bonchev–Trinajstić information content (AvgIpc) is 2.48. The molecule has 0 spiro atoms. The molecule has 0 bridgehead atoms. The van der Waals surface area contributed by atoms with E-state index < -0.39 is 6.09 Å². The van der Waals surface area contributed by atoms with Gasteiger partial charge < -0.3 is 19.9 Å². The molecule has 0 aromatic heterocycles. The first kappa shape index (κ1) is 10.3. The van der Waals surface area contributed by atoms with Crippen LogP contribution in [-0.2, 0) is 9.47 Å². The van der Waals surface area contributed by atoms with Crippen molar-refractivity contribution in [2.24, 2.45) is 0 Å². The first-order chi connectivity index (χ1) is 6.16. The van der Waals surface area contributed by atoms with Crippen molar-refractivity contribution in [2.75, 3.05) is 26.4 Å². The number of aliphatic hydroxyl groups is 1. The van der Waals surface area contributed by atoms with Crippen LogP contribution >= 0.6 is 0 Å². The number of amides is 1. The zero-order valence-corrected chi connectivity index (χ0v) is 7.71. The van der Waals surface area contributed by atoms with E-state index in [9.17, 15) is 4.79 Å². The van der Waals surface area contributed by atoms with Crippen molar-refractivity contribution in [3.05, 3.63) is 0 Å². The van der Waals surface area contributed by atoms with Crippen LogP contribution in [0.15, 0.2) is 0 Å². The number of ether oxygens (including phenoxy) is 2. The summed E-state index contributed by atoms with van der Waals surface area (Å²) in [5.41, 5.74) is -0.313. The van der Waals surface area contributed by atoms with Crippen molar-refractivity contribution in [1.82, 2.24) is 5.32 Å². The molecule has 1 fully saturated rings. The summed E-state index contributed by atoms with van der Waals surface area (Å²) in [5.74, 6) is 0. The predicted octanol–water partition coefficient (Wildman–Crippen LogP) is -0.116. The largest absolute Gasteiger partial charge is 0.447 e. The smallest absolute Gasteiger partial charge is 0.407 e. The molecule has 1 aliphatic rings. The Morgan fingerprint density at radius 1 is 1.77 bits per heavy atom. The highest BCUT2D eigenvalue weighted by atomic mass is 16.6. The van der Waals surface area contributed by atoms with Crippen molar-refractivity contribution in [3.63, 3.8) is 0 Å². The summed E-state index contributed by atoms with van der Waals surface area (Å²) >= 11 is 0. The Kier molecular flexibility index (Phi) is 3.50. The molecule has 1 unspecified atom stereocenters. The fraction of sp³-hybridized carbons (Fsp3) is 0.875. The highest BCUT2D eigenvalue weighted by Gasteiger charge is 2.31. The predicted molar refractivity (Wildman–Crippen MR) is 45.4 cm³/mol. The molecule has 0 radical (unpaired) electrons. The summed E-state index contributed by atoms with van der Waals surface area (Å²) in [4.78, 5) is 11.1. The zero-order chi connectivity index (χ0) is 9.73. The monoisotopic (exact) mass is 189 g/mol. The van der Waals surface area contributed by atoms with E-state index in [2.05, 4.69) is 10.1 Å². The lowest BCUT2D eigenvalue weighted by Gasteiger charge is -2.22. The lowest BCUT2D eigenvalue weighted by Crippen LogP contribution is -2.46. The molecule has 1 heterocycles. The molecule has 0 saturated carbocycles. The van der Waals surface area contributed by atoms with Gasteiger partial charge in [-0.1, -0.05) is 0 Å². The normalized spacial score (nSPS) is 27.2. The highest BCUT2D eigenvalue weighted by molar-refractivity contribution is 5.68. The molecule has 1 atom stereocenters. The van der Waals surface area contributed by atoms with Gasteiger partial charge in [-0.25, -0.2) is 4.79 Å². The second-order valence-corrected chi connectivity index (χ2v) is 3.35. The second kappa shape index (κ2) is 4.43. The topological polar surface area (TPSA) is 67.8 Å². The Hall–Kier alpha value is -0.810. The van der Waals surface area contributed by atoms with Crippen LogP contribution in [0.4, 0.5) is 4.79 Å². The molecule has 1 amide bonds. The van der Waals surface area contributed by atoms with Gasteiger partial charge in [0.25, 0.3) is 0 Å². The molecule has 0 aromatic carbocycles. The maximum atomic E-state index is 11.1. The number of alkyl carbamates (subject to hydrolysis) is 1. The third kappa shape index (κ3) is 3.20. The minimum atomic E-state index is -0.498. The molecule has 1 aliphatic heterocycles. The lowest BCUT2D eigenvalue weighted by molar-refractivity contribution is 0.106. The zero-order valence-electron chi connectivity index (χ0n) is 7.71. The van der Waals surface area contributed by atoms with Gasteiger partial charge in [-0.05, 0) is 13.3 Å². The summed E-state index contributed by atoms with van der Waals surface area (Å²) in [6.45, 7) is 2.96. The maximum absolute atomic E-state index is 11.1. The number of hydrogen-bond donors (Lipinski definition) is 2. The summed E-state index contributed by atoms with van der Waals surface area (Å²) < 4.78 is 9.81. The molecular formula is C8H15NO4. The first-order valence-corrected chi connectivity index (χ1v) is 4.30. The van der Waals surface area contributed by atoms with E-state index in [1.54, 1.807) is 0 Å². The molecule has 5 nitrogen and oxygen atoms in total. The molecule has 5 heteroatoms. The number of carbonyl (C=O) groups is 1. The Labute approximate surface area is 77.0 Å². The maximum Gasteiger partial charge on any atom is 0.407 e. The summed E-state index contributed by atoms with van der Waals surface area (Å²) in [7, 11) is 0. The molecule has 76 valence electrons. The standard InChI is InChI=1S/C8H15NO4/c1-8(2-4-12-6-8)9-7(11)13-5-3-10/h10H,2-6H2,1H3,(H,9,11). The number of carbonyl (C=O) groups excluding carboxylic acids is 1. The van der Waals surface area contributed by atoms with Crippen LogP contribution in [0.25, 0.3) is 0 Å². The minimum Gasteiger partial charge on any atom is -0.447 e. The average molecular weight is 189 g/mol. The van der Waals surface area contributed by atoms with Gasteiger partial charge in [-0.15, -0.1) is 0 Å². The van der Waals surface area contributed by atoms with Gasteiger partial charge in [0.05, 0.1) is 18.8 Å². The number of hydrogen-bond acceptors (Lipinski definition) is 4. The molecule has 2 N–H and O–H groups in total. The van der Waals surface area contributed by atoms with Crippen LogP contribution in [0.5, 0.6) is 0 Å². The highest BCUT2D eigenvalue weighted by Crippen LogP contribution is 2.17. The van der Waals surface area contributed by atoms with Crippen LogP contribution in [0.1, 0.15) is 13.3 Å². The number of aliphatic hydroxyl groups excluding tert-OH is 1. The van der Waals surface area contributed by atoms with Gasteiger partial charge in [-0.2, -0.15) is 0 Å². The van der Waals surface area contributed by atoms with E-state index in [0.29, 0.717) is 13.2 Å². The van der Waals surface area contributed by atoms with Gasteiger partial charge in [0.2, 0.25) is 0 Å². The fourth-order valence-corrected chi connectivity index (χ4v) is 1.19. The summed E-state index contributed by atoms with van der Waals surface area (Å²) in [5, 5.41) is 11.1. The Balaban J connectivity index is 2.26. The molecule has 0 aliphatic carbocycles. The molecule has 13 heavy (non-hydrogen) atoms. The van der Waals surface area contributed by atoms with Crippen molar-refractivity contribution >= 4 is 6.09 Å². The molecular weight excluding hydrogens is 174 g/mol. The van der Waals surface area contributed by atoms with Crippen molar-refractivity contribution in [2.45, 2.75) is 18.9 Å². The van der Waals surface area contributed by atoms with Crippen LogP contribution in [-0.4, -0.2) is 43.2 Å². The van der Waals surface area contributed by atoms with Crippen LogP contribution in [0.3, 0.4) is 0 Å². The third-order valence-corrected chi connectivity index (χ3v) is 1.95. The fourth-order valence-electron chi connectivity index (χ4n) is 1.19. The quantitative estimate of drug-likeness (QED) is 0.649. The SMILES string of the molecule is CC1(NC(=O)OCCO)CCOC1. The van der Waals surface area contributed by atoms with E-state index in [-0.39, 0.29) is 18.8 Å². The van der Waals surface area contributed by atoms with Crippen molar-refractivity contribution in [1.29, 1.82) is 0 Å². The van der Waals surface area contributed by atoms with Gasteiger partial charge in [0.15, 0.2) is 0 Å². The summed E-state index contributed by atoms with van der Waals surface area (Å²) in [6.07, 6.45) is 0.295. The second-order valence-electron chi connectivity index (χ2n) is 3.35. The van der Waals surface area contributed by atoms with Gasteiger partial charge in [0, 0.05) is 6.61 Å². The Morgan fingerprint density at radius 3 is 3.08 bits per heavy atom. The number of rotatable bonds is 3. The van der Waals surface area contributed by atoms with E-state index in [1.807, 2.05) is 6.92 Å². The lowest BCUT2D eigenvalue weighted by atomic mass is 10.0. The van der Waals surface area contributed by atoms with Gasteiger partial charge >= 0.3 is 6.09 Å². The third-order valence-electron chi connectivity index (χ3n) is 1.95. The van der Waals surface area contributed by atoms with Crippen LogP contribution < -0.4 is 5.32 Å². The molecule has 1 saturated heterocycles. The minimum absolute atomic E-state index is 0.0305. The van der Waals surface area contributed by atoms with Gasteiger partial charge in [-0.3, -0.25) is 0 Å². The van der Waals surface area contributed by atoms with Gasteiger partial charge in [0.1, 0.15) is 6.61 Å².